The molecule has 3 aromatic rings. The van der Waals surface area contributed by atoms with E-state index in [1.807, 2.05) is 48.7 Å². The van der Waals surface area contributed by atoms with E-state index >= 15 is 0 Å². The molecule has 2 heterocycles. The summed E-state index contributed by atoms with van der Waals surface area (Å²) in [5.41, 5.74) is 3.90. The molecule has 0 radical (unpaired) electrons. The first-order chi connectivity index (χ1) is 15.3. The highest BCUT2D eigenvalue weighted by Crippen LogP contribution is 2.35. The summed E-state index contributed by atoms with van der Waals surface area (Å²) in [5.74, 6) is -0.422. The van der Waals surface area contributed by atoms with E-state index in [1.54, 1.807) is 12.1 Å². The molecule has 0 spiro atoms. The highest BCUT2D eigenvalue weighted by atomic mass is 35.5. The lowest BCUT2D eigenvalue weighted by atomic mass is 10.2. The van der Waals surface area contributed by atoms with Crippen molar-refractivity contribution in [2.75, 3.05) is 0 Å². The largest absolute Gasteiger partial charge is 0.316 e. The summed E-state index contributed by atoms with van der Waals surface area (Å²) in [6.45, 7) is 3.85. The smallest absolute Gasteiger partial charge is 0.293 e. The normalized spacial score (nSPS) is 15.1. The third-order valence-corrected chi connectivity index (χ3v) is 6.41. The number of rotatable bonds is 5. The van der Waals surface area contributed by atoms with Crippen molar-refractivity contribution in [1.82, 2.24) is 9.47 Å². The highest BCUT2D eigenvalue weighted by molar-refractivity contribution is 8.18. The monoisotopic (exact) mass is 467 g/mol. The number of thioether (sulfide) groups is 1. The van der Waals surface area contributed by atoms with Gasteiger partial charge in [-0.25, -0.2) is 0 Å². The van der Waals surface area contributed by atoms with Crippen LogP contribution < -0.4 is 0 Å². The van der Waals surface area contributed by atoms with Crippen molar-refractivity contribution < 1.29 is 14.5 Å². The summed E-state index contributed by atoms with van der Waals surface area (Å²) in [5, 5.41) is 11.2. The molecule has 2 amide bonds. The van der Waals surface area contributed by atoms with Gasteiger partial charge in [0.2, 0.25) is 0 Å². The fourth-order valence-electron chi connectivity index (χ4n) is 3.67. The number of carbonyl (C=O) groups is 2. The zero-order valence-corrected chi connectivity index (χ0v) is 18.8. The molecule has 0 atom stereocenters. The van der Waals surface area contributed by atoms with Crippen LogP contribution in [-0.4, -0.2) is 25.5 Å². The van der Waals surface area contributed by atoms with Crippen LogP contribution in [0, 0.1) is 24.0 Å². The van der Waals surface area contributed by atoms with Crippen LogP contribution in [0.15, 0.2) is 59.5 Å². The fraction of sp³-hybridized carbons (Fsp3) is 0.130. The zero-order chi connectivity index (χ0) is 23.0. The van der Waals surface area contributed by atoms with Gasteiger partial charge in [-0.2, -0.15) is 0 Å². The summed E-state index contributed by atoms with van der Waals surface area (Å²) in [4.78, 5) is 37.3. The Morgan fingerprint density at radius 3 is 2.56 bits per heavy atom. The summed E-state index contributed by atoms with van der Waals surface area (Å²) in [7, 11) is 0. The molecule has 162 valence electrons. The number of nitrogens with zero attached hydrogens (tertiary/aromatic N) is 3. The first-order valence-electron chi connectivity index (χ1n) is 9.69. The molecular formula is C23H18ClN3O4S. The van der Waals surface area contributed by atoms with E-state index < -0.39 is 16.1 Å². The molecule has 0 N–H and O–H groups in total. The van der Waals surface area contributed by atoms with E-state index in [0.29, 0.717) is 15.5 Å². The molecule has 0 bridgehead atoms. The Balaban J connectivity index is 1.63. The average Bonchev–Trinajstić information content (AvgIpc) is 3.18. The molecule has 1 saturated heterocycles. The van der Waals surface area contributed by atoms with Crippen LogP contribution in [0.2, 0.25) is 5.02 Å². The standard InChI is InChI=1S/C23H18ClN3O4S/c1-14-10-17(15(2)26(14)20-9-4-3-8-19(20)24)12-21-22(28)25(23(29)32-21)13-16-6-5-7-18(11-16)27(30)31/h3-12H,13H2,1-2H3/b21-12+. The number of amides is 2. The lowest BCUT2D eigenvalue weighted by Gasteiger charge is -2.12. The van der Waals surface area contributed by atoms with Crippen LogP contribution in [0.4, 0.5) is 10.5 Å². The molecule has 0 unspecified atom stereocenters. The zero-order valence-electron chi connectivity index (χ0n) is 17.2. The van der Waals surface area contributed by atoms with E-state index in [4.69, 9.17) is 11.6 Å². The summed E-state index contributed by atoms with van der Waals surface area (Å²) in [6, 6.07) is 15.3. The Morgan fingerprint density at radius 1 is 1.09 bits per heavy atom. The molecule has 1 aromatic heterocycles. The number of non-ortho nitro benzene ring substituents is 1. The van der Waals surface area contributed by atoms with Crippen molar-refractivity contribution in [3.8, 4) is 5.69 Å². The summed E-state index contributed by atoms with van der Waals surface area (Å²) in [6.07, 6.45) is 1.70. The van der Waals surface area contributed by atoms with Crippen molar-refractivity contribution >= 4 is 46.3 Å². The predicted molar refractivity (Wildman–Crippen MR) is 125 cm³/mol. The average molecular weight is 468 g/mol. The van der Waals surface area contributed by atoms with Crippen LogP contribution in [0.1, 0.15) is 22.5 Å². The molecular weight excluding hydrogens is 450 g/mol. The van der Waals surface area contributed by atoms with Crippen molar-refractivity contribution in [1.29, 1.82) is 0 Å². The molecule has 9 heteroatoms. The molecule has 1 aliphatic heterocycles. The minimum atomic E-state index is -0.508. The van der Waals surface area contributed by atoms with Gasteiger partial charge in [0.15, 0.2) is 0 Å². The van der Waals surface area contributed by atoms with Gasteiger partial charge in [-0.05, 0) is 61.0 Å². The Hall–Kier alpha value is -3.36. The van der Waals surface area contributed by atoms with Crippen molar-refractivity contribution in [2.45, 2.75) is 20.4 Å². The predicted octanol–water partition coefficient (Wildman–Crippen LogP) is 5.89. The number of carbonyl (C=O) groups excluding carboxylic acids is 2. The van der Waals surface area contributed by atoms with Gasteiger partial charge in [0.25, 0.3) is 16.8 Å². The number of imide groups is 1. The van der Waals surface area contributed by atoms with Gasteiger partial charge < -0.3 is 4.57 Å². The number of nitro groups is 1. The maximum absolute atomic E-state index is 12.9. The number of aromatic nitrogens is 1. The Kier molecular flexibility index (Phi) is 5.90. The van der Waals surface area contributed by atoms with Gasteiger partial charge in [-0.1, -0.05) is 35.9 Å². The van der Waals surface area contributed by atoms with E-state index in [0.717, 1.165) is 39.3 Å². The SMILES string of the molecule is Cc1cc(/C=C2/SC(=O)N(Cc3cccc([N+](=O)[O-])c3)C2=O)c(C)n1-c1ccccc1Cl. The topological polar surface area (TPSA) is 85.5 Å². The lowest BCUT2D eigenvalue weighted by molar-refractivity contribution is -0.384. The number of halogens is 1. The van der Waals surface area contributed by atoms with Crippen LogP contribution >= 0.6 is 23.4 Å². The molecule has 1 aliphatic rings. The van der Waals surface area contributed by atoms with Crippen LogP contribution in [0.3, 0.4) is 0 Å². The summed E-state index contributed by atoms with van der Waals surface area (Å²) < 4.78 is 2.00. The van der Waals surface area contributed by atoms with Crippen molar-refractivity contribution in [3.05, 3.63) is 97.2 Å². The fourth-order valence-corrected chi connectivity index (χ4v) is 4.72. The van der Waals surface area contributed by atoms with Gasteiger partial charge in [-0.15, -0.1) is 0 Å². The number of nitro benzene ring substituents is 1. The Labute approximate surface area is 193 Å². The van der Waals surface area contributed by atoms with E-state index in [2.05, 4.69) is 0 Å². The second-order valence-electron chi connectivity index (χ2n) is 7.31. The maximum atomic E-state index is 12.9. The molecule has 4 rings (SSSR count). The van der Waals surface area contributed by atoms with Crippen LogP contribution in [0.5, 0.6) is 0 Å². The Bertz CT molecular complexity index is 1300. The van der Waals surface area contributed by atoms with E-state index in [9.17, 15) is 19.7 Å². The number of hydrogen-bond donors (Lipinski definition) is 0. The van der Waals surface area contributed by atoms with E-state index in [1.165, 1.54) is 18.2 Å². The summed E-state index contributed by atoms with van der Waals surface area (Å²) >= 11 is 7.22. The van der Waals surface area contributed by atoms with Crippen molar-refractivity contribution in [3.63, 3.8) is 0 Å². The maximum Gasteiger partial charge on any atom is 0.293 e. The van der Waals surface area contributed by atoms with Crippen molar-refractivity contribution in [2.24, 2.45) is 0 Å². The minimum Gasteiger partial charge on any atom is -0.316 e. The molecule has 1 fully saturated rings. The molecule has 2 aromatic carbocycles. The van der Waals surface area contributed by atoms with Crippen LogP contribution in [0.25, 0.3) is 11.8 Å². The number of benzene rings is 2. The van der Waals surface area contributed by atoms with Gasteiger partial charge in [0.05, 0.1) is 27.1 Å². The first-order valence-corrected chi connectivity index (χ1v) is 10.9. The van der Waals surface area contributed by atoms with Gasteiger partial charge >= 0.3 is 0 Å². The van der Waals surface area contributed by atoms with Gasteiger partial charge in [0, 0.05) is 23.5 Å². The lowest BCUT2D eigenvalue weighted by Crippen LogP contribution is -2.27. The third kappa shape index (κ3) is 4.06. The molecule has 0 saturated carbocycles. The minimum absolute atomic E-state index is 0.0255. The Morgan fingerprint density at radius 2 is 1.84 bits per heavy atom. The van der Waals surface area contributed by atoms with Gasteiger partial charge in [0.1, 0.15) is 0 Å². The second-order valence-corrected chi connectivity index (χ2v) is 8.71. The highest BCUT2D eigenvalue weighted by Gasteiger charge is 2.35. The third-order valence-electron chi connectivity index (χ3n) is 5.19. The molecule has 32 heavy (non-hydrogen) atoms. The van der Waals surface area contributed by atoms with Crippen LogP contribution in [-0.2, 0) is 11.3 Å². The number of aryl methyl sites for hydroxylation is 1. The quantitative estimate of drug-likeness (QED) is 0.265. The van der Waals surface area contributed by atoms with E-state index in [-0.39, 0.29) is 12.2 Å². The number of hydrogen-bond acceptors (Lipinski definition) is 5. The van der Waals surface area contributed by atoms with Gasteiger partial charge in [-0.3, -0.25) is 24.6 Å². The first kappa shape index (κ1) is 21.9. The molecule has 0 aliphatic carbocycles. The molecule has 7 nitrogen and oxygen atoms in total. The number of para-hydroxylation sites is 1. The second kappa shape index (κ2) is 8.64.